The lowest BCUT2D eigenvalue weighted by Gasteiger charge is -2.20. The molecule has 0 saturated heterocycles. The number of anilines is 2. The van der Waals surface area contributed by atoms with Crippen LogP contribution in [0.3, 0.4) is 0 Å². The highest BCUT2D eigenvalue weighted by atomic mass is 32.2. The minimum absolute atomic E-state index is 0.0952. The van der Waals surface area contributed by atoms with E-state index in [9.17, 15) is 18.0 Å². The van der Waals surface area contributed by atoms with Gasteiger partial charge in [0.2, 0.25) is 15.9 Å². The van der Waals surface area contributed by atoms with Crippen molar-refractivity contribution >= 4 is 33.2 Å². The van der Waals surface area contributed by atoms with Crippen LogP contribution in [0.1, 0.15) is 36.7 Å². The number of hydrogen-bond acceptors (Lipinski definition) is 5. The highest BCUT2D eigenvalue weighted by molar-refractivity contribution is 7.89. The minimum atomic E-state index is -3.71. The highest BCUT2D eigenvalue weighted by Gasteiger charge is 2.25. The first-order chi connectivity index (χ1) is 14.1. The van der Waals surface area contributed by atoms with Crippen molar-refractivity contribution in [2.75, 3.05) is 30.8 Å². The van der Waals surface area contributed by atoms with Crippen LogP contribution in [0.4, 0.5) is 11.4 Å². The number of sulfonamides is 1. The van der Waals surface area contributed by atoms with Gasteiger partial charge in [0.15, 0.2) is 0 Å². The number of nitrogens with one attached hydrogen (secondary N) is 2. The maximum atomic E-state index is 12.9. The summed E-state index contributed by atoms with van der Waals surface area (Å²) in [5, 5.41) is 5.36. The standard InChI is InChI=1S/C21H27N3O5S/c1-6-24(7-2)30(27,28)20-12-16(9-8-14(20)3)21(26)23-18-13-17(22-15(4)25)10-11-19(18)29-5/h8-13H,6-7H2,1-5H3,(H,22,25)(H,23,26). The fourth-order valence-electron chi connectivity index (χ4n) is 3.00. The van der Waals surface area contributed by atoms with Crippen LogP contribution in [-0.2, 0) is 14.8 Å². The lowest BCUT2D eigenvalue weighted by Crippen LogP contribution is -2.31. The second kappa shape index (κ2) is 9.73. The van der Waals surface area contributed by atoms with E-state index in [2.05, 4.69) is 10.6 Å². The van der Waals surface area contributed by atoms with Crippen molar-refractivity contribution in [1.29, 1.82) is 0 Å². The molecule has 0 spiro atoms. The summed E-state index contributed by atoms with van der Waals surface area (Å²) in [7, 11) is -2.25. The maximum absolute atomic E-state index is 12.9. The number of nitrogens with zero attached hydrogens (tertiary/aromatic N) is 1. The number of ether oxygens (including phenoxy) is 1. The van der Waals surface area contributed by atoms with Crippen LogP contribution in [0.5, 0.6) is 5.75 Å². The molecule has 162 valence electrons. The molecule has 8 nitrogen and oxygen atoms in total. The van der Waals surface area contributed by atoms with Gasteiger partial charge < -0.3 is 15.4 Å². The Labute approximate surface area is 177 Å². The van der Waals surface area contributed by atoms with Gasteiger partial charge in [0.05, 0.1) is 17.7 Å². The van der Waals surface area contributed by atoms with Crippen LogP contribution >= 0.6 is 0 Å². The van der Waals surface area contributed by atoms with E-state index in [4.69, 9.17) is 4.74 Å². The fourth-order valence-corrected chi connectivity index (χ4v) is 4.71. The number of carbonyl (C=O) groups excluding carboxylic acids is 2. The van der Waals surface area contributed by atoms with Gasteiger partial charge in [0.25, 0.3) is 5.91 Å². The van der Waals surface area contributed by atoms with Crippen LogP contribution in [0.25, 0.3) is 0 Å². The average molecular weight is 434 g/mol. The summed E-state index contributed by atoms with van der Waals surface area (Å²) in [4.78, 5) is 24.2. The minimum Gasteiger partial charge on any atom is -0.495 e. The molecule has 2 N–H and O–H groups in total. The van der Waals surface area contributed by atoms with E-state index in [1.165, 1.54) is 24.4 Å². The third-order valence-corrected chi connectivity index (χ3v) is 6.73. The highest BCUT2D eigenvalue weighted by Crippen LogP contribution is 2.29. The van der Waals surface area contributed by atoms with Gasteiger partial charge in [0, 0.05) is 31.3 Å². The Bertz CT molecular complexity index is 1050. The molecule has 2 amide bonds. The van der Waals surface area contributed by atoms with Crippen molar-refractivity contribution in [3.8, 4) is 5.75 Å². The number of benzene rings is 2. The van der Waals surface area contributed by atoms with E-state index in [1.807, 2.05) is 0 Å². The van der Waals surface area contributed by atoms with Crippen molar-refractivity contribution in [2.24, 2.45) is 0 Å². The Hall–Kier alpha value is -2.91. The molecule has 9 heteroatoms. The number of carbonyl (C=O) groups is 2. The molecule has 2 rings (SSSR count). The molecule has 0 aromatic heterocycles. The first-order valence-corrected chi connectivity index (χ1v) is 11.0. The van der Waals surface area contributed by atoms with Gasteiger partial charge in [-0.3, -0.25) is 9.59 Å². The first kappa shape index (κ1) is 23.4. The molecule has 0 radical (unpaired) electrons. The van der Waals surface area contributed by atoms with E-state index in [1.54, 1.807) is 51.1 Å². The van der Waals surface area contributed by atoms with Gasteiger partial charge in [-0.05, 0) is 42.8 Å². The van der Waals surface area contributed by atoms with Crippen LogP contribution in [-0.4, -0.2) is 44.7 Å². The molecule has 0 aliphatic carbocycles. The third kappa shape index (κ3) is 5.17. The van der Waals surface area contributed by atoms with Gasteiger partial charge in [-0.1, -0.05) is 19.9 Å². The molecule has 0 aliphatic rings. The van der Waals surface area contributed by atoms with E-state index >= 15 is 0 Å². The topological polar surface area (TPSA) is 105 Å². The number of hydrogen-bond donors (Lipinski definition) is 2. The summed E-state index contributed by atoms with van der Waals surface area (Å²) in [5.41, 5.74) is 1.59. The summed E-state index contributed by atoms with van der Waals surface area (Å²) < 4.78 is 32.5. The van der Waals surface area contributed by atoms with Crippen LogP contribution in [0.2, 0.25) is 0 Å². The van der Waals surface area contributed by atoms with Gasteiger partial charge in [-0.25, -0.2) is 8.42 Å². The van der Waals surface area contributed by atoms with Crippen molar-refractivity contribution in [3.63, 3.8) is 0 Å². The van der Waals surface area contributed by atoms with Crippen molar-refractivity contribution in [3.05, 3.63) is 47.5 Å². The Morgan fingerprint density at radius 1 is 1.03 bits per heavy atom. The SMILES string of the molecule is CCN(CC)S(=O)(=O)c1cc(C(=O)Nc2cc(NC(C)=O)ccc2OC)ccc1C. The van der Waals surface area contributed by atoms with Crippen molar-refractivity contribution in [2.45, 2.75) is 32.6 Å². The molecule has 0 bridgehead atoms. The van der Waals surface area contributed by atoms with Gasteiger partial charge in [-0.2, -0.15) is 4.31 Å². The quantitative estimate of drug-likeness (QED) is 0.665. The normalized spacial score (nSPS) is 11.3. The second-order valence-corrected chi connectivity index (χ2v) is 8.53. The fraction of sp³-hybridized carbons (Fsp3) is 0.333. The molecular formula is C21H27N3O5S. The Morgan fingerprint density at radius 3 is 2.27 bits per heavy atom. The van der Waals surface area contributed by atoms with Crippen LogP contribution < -0.4 is 15.4 Å². The molecule has 0 saturated carbocycles. The lowest BCUT2D eigenvalue weighted by molar-refractivity contribution is -0.114. The molecule has 0 fully saturated rings. The average Bonchev–Trinajstić information content (AvgIpc) is 2.68. The summed E-state index contributed by atoms with van der Waals surface area (Å²) in [5.74, 6) is -0.341. The second-order valence-electron chi connectivity index (χ2n) is 6.62. The molecule has 2 aromatic rings. The zero-order chi connectivity index (χ0) is 22.5. The zero-order valence-electron chi connectivity index (χ0n) is 17.8. The third-order valence-electron chi connectivity index (χ3n) is 4.54. The molecule has 2 aromatic carbocycles. The maximum Gasteiger partial charge on any atom is 0.255 e. The summed E-state index contributed by atoms with van der Waals surface area (Å²) in [6.45, 7) is 7.27. The Kier molecular flexibility index (Phi) is 7.58. The van der Waals surface area contributed by atoms with E-state index in [0.717, 1.165) is 0 Å². The number of rotatable bonds is 8. The lowest BCUT2D eigenvalue weighted by atomic mass is 10.1. The van der Waals surface area contributed by atoms with Gasteiger partial charge in [-0.15, -0.1) is 0 Å². The van der Waals surface area contributed by atoms with Crippen molar-refractivity contribution < 1.29 is 22.7 Å². The molecule has 0 aliphatic heterocycles. The predicted octanol–water partition coefficient (Wildman–Crippen LogP) is 3.24. The summed E-state index contributed by atoms with van der Waals surface area (Å²) >= 11 is 0. The van der Waals surface area contributed by atoms with Crippen molar-refractivity contribution in [1.82, 2.24) is 4.31 Å². The van der Waals surface area contributed by atoms with Gasteiger partial charge in [0.1, 0.15) is 5.75 Å². The van der Waals surface area contributed by atoms with Gasteiger partial charge >= 0.3 is 0 Å². The molecule has 0 atom stereocenters. The largest absolute Gasteiger partial charge is 0.495 e. The summed E-state index contributed by atoms with van der Waals surface area (Å²) in [6, 6.07) is 9.39. The van der Waals surface area contributed by atoms with E-state index < -0.39 is 15.9 Å². The molecule has 0 unspecified atom stereocenters. The Balaban J connectivity index is 2.40. The number of amides is 2. The monoisotopic (exact) mass is 433 g/mol. The zero-order valence-corrected chi connectivity index (χ0v) is 18.6. The number of methoxy groups -OCH3 is 1. The molecular weight excluding hydrogens is 406 g/mol. The smallest absolute Gasteiger partial charge is 0.255 e. The number of aryl methyl sites for hydroxylation is 1. The first-order valence-electron chi connectivity index (χ1n) is 9.51. The van der Waals surface area contributed by atoms with Crippen LogP contribution in [0, 0.1) is 6.92 Å². The predicted molar refractivity (Wildman–Crippen MR) is 117 cm³/mol. The van der Waals surface area contributed by atoms with Crippen LogP contribution in [0.15, 0.2) is 41.3 Å². The molecule has 30 heavy (non-hydrogen) atoms. The van der Waals surface area contributed by atoms with E-state index in [-0.39, 0.29) is 16.4 Å². The molecule has 0 heterocycles. The Morgan fingerprint density at radius 2 is 1.70 bits per heavy atom. The van der Waals surface area contributed by atoms with E-state index in [0.29, 0.717) is 35.8 Å². The summed E-state index contributed by atoms with van der Waals surface area (Å²) in [6.07, 6.45) is 0.